The number of nitrogens with two attached hydrogens (primary N) is 1. The minimum absolute atomic E-state index is 0. The lowest BCUT2D eigenvalue weighted by molar-refractivity contribution is 0.372. The maximum Gasteiger partial charge on any atom is 0.276 e. The first-order valence-electron chi connectivity index (χ1n) is 7.34. The fraction of sp³-hybridized carbons (Fsp3) is 0.333. The monoisotopic (exact) mass is 332 g/mol. The van der Waals surface area contributed by atoms with Gasteiger partial charge in [-0.3, -0.25) is 4.98 Å². The molecule has 2 N–H and O–H groups in total. The van der Waals surface area contributed by atoms with Crippen LogP contribution in [0.2, 0.25) is 0 Å². The van der Waals surface area contributed by atoms with Crippen LogP contribution in [0.5, 0.6) is 0 Å². The predicted molar refractivity (Wildman–Crippen MR) is 86.2 cm³/mol. The molecule has 120 valence electrons. The van der Waals surface area contributed by atoms with Crippen LogP contribution >= 0.6 is 12.4 Å². The molecule has 0 unspecified atom stereocenters. The second kappa shape index (κ2) is 6.10. The van der Waals surface area contributed by atoms with E-state index >= 15 is 0 Å². The third-order valence-corrected chi connectivity index (χ3v) is 4.10. The van der Waals surface area contributed by atoms with Gasteiger partial charge in [0.2, 0.25) is 0 Å². The first-order valence-corrected chi connectivity index (χ1v) is 7.34. The number of rotatable bonds is 3. The van der Waals surface area contributed by atoms with E-state index in [9.17, 15) is 0 Å². The van der Waals surface area contributed by atoms with Gasteiger partial charge in [-0.05, 0) is 31.0 Å². The Bertz CT molecular complexity index is 779. The topological polar surface area (TPSA) is 95.7 Å². The van der Waals surface area contributed by atoms with E-state index in [1.54, 1.807) is 17.1 Å². The molecule has 0 aromatic carbocycles. The highest BCUT2D eigenvalue weighted by Gasteiger charge is 2.36. The molecule has 0 aliphatic heterocycles. The minimum Gasteiger partial charge on any atom is -0.332 e. The van der Waals surface area contributed by atoms with Crippen molar-refractivity contribution in [3.05, 3.63) is 42.6 Å². The fourth-order valence-corrected chi connectivity index (χ4v) is 2.86. The molecular weight excluding hydrogens is 316 g/mol. The van der Waals surface area contributed by atoms with Gasteiger partial charge in [0, 0.05) is 18.6 Å². The van der Waals surface area contributed by atoms with Gasteiger partial charge in [0.05, 0.1) is 11.2 Å². The van der Waals surface area contributed by atoms with E-state index in [1.807, 2.05) is 24.4 Å². The molecule has 1 aliphatic rings. The number of nitrogens with zero attached hydrogens (tertiary/aromatic N) is 5. The van der Waals surface area contributed by atoms with Crippen LogP contribution in [0.1, 0.15) is 31.5 Å². The molecule has 0 bridgehead atoms. The standard InChI is InChI=1S/C15H16N6O.ClH/c16-15(5-1-2-6-15)14-19-13(22-20-14)12-10-11(4-8-17-12)21-9-3-7-18-21;/h3-4,7-10H,1-2,5-6,16H2;1H. The summed E-state index contributed by atoms with van der Waals surface area (Å²) < 4.78 is 7.12. The summed E-state index contributed by atoms with van der Waals surface area (Å²) in [6.07, 6.45) is 9.29. The van der Waals surface area contributed by atoms with Gasteiger partial charge < -0.3 is 10.3 Å². The summed E-state index contributed by atoms with van der Waals surface area (Å²) in [6, 6.07) is 5.60. The number of pyridine rings is 1. The van der Waals surface area contributed by atoms with Crippen molar-refractivity contribution < 1.29 is 4.52 Å². The van der Waals surface area contributed by atoms with Gasteiger partial charge in [0.25, 0.3) is 5.89 Å². The Kier molecular flexibility index (Phi) is 4.14. The van der Waals surface area contributed by atoms with Gasteiger partial charge in [0.15, 0.2) is 5.82 Å². The van der Waals surface area contributed by atoms with Gasteiger partial charge in [0.1, 0.15) is 5.69 Å². The maximum absolute atomic E-state index is 6.36. The van der Waals surface area contributed by atoms with Crippen molar-refractivity contribution in [3.63, 3.8) is 0 Å². The largest absolute Gasteiger partial charge is 0.332 e. The zero-order valence-corrected chi connectivity index (χ0v) is 13.2. The average molecular weight is 333 g/mol. The molecule has 1 fully saturated rings. The van der Waals surface area contributed by atoms with Gasteiger partial charge in [-0.25, -0.2) is 4.68 Å². The highest BCUT2D eigenvalue weighted by Crippen LogP contribution is 2.35. The van der Waals surface area contributed by atoms with E-state index < -0.39 is 5.54 Å². The molecule has 0 amide bonds. The van der Waals surface area contributed by atoms with Gasteiger partial charge >= 0.3 is 0 Å². The van der Waals surface area contributed by atoms with E-state index in [1.165, 1.54) is 0 Å². The van der Waals surface area contributed by atoms with E-state index in [2.05, 4.69) is 20.2 Å². The van der Waals surface area contributed by atoms with Crippen LogP contribution in [0.3, 0.4) is 0 Å². The highest BCUT2D eigenvalue weighted by molar-refractivity contribution is 5.85. The molecule has 23 heavy (non-hydrogen) atoms. The lowest BCUT2D eigenvalue weighted by atomic mass is 9.99. The van der Waals surface area contributed by atoms with Crippen LogP contribution in [0.4, 0.5) is 0 Å². The fourth-order valence-electron chi connectivity index (χ4n) is 2.86. The molecule has 0 spiro atoms. The van der Waals surface area contributed by atoms with Gasteiger partial charge in [-0.2, -0.15) is 10.1 Å². The van der Waals surface area contributed by atoms with Gasteiger partial charge in [-0.1, -0.05) is 18.0 Å². The van der Waals surface area contributed by atoms with E-state index in [0.29, 0.717) is 17.4 Å². The number of halogens is 1. The Morgan fingerprint density at radius 1 is 1.22 bits per heavy atom. The molecule has 8 heteroatoms. The smallest absolute Gasteiger partial charge is 0.276 e. The van der Waals surface area contributed by atoms with Crippen LogP contribution in [-0.2, 0) is 5.54 Å². The Balaban J connectivity index is 0.00000156. The van der Waals surface area contributed by atoms with Crippen LogP contribution in [0.25, 0.3) is 17.3 Å². The lowest BCUT2D eigenvalue weighted by Gasteiger charge is -2.17. The predicted octanol–water partition coefficient (Wildman–Crippen LogP) is 2.47. The van der Waals surface area contributed by atoms with Crippen molar-refractivity contribution in [1.82, 2.24) is 24.9 Å². The third-order valence-electron chi connectivity index (χ3n) is 4.10. The third kappa shape index (κ3) is 2.85. The van der Waals surface area contributed by atoms with Crippen LogP contribution in [0.15, 0.2) is 41.3 Å². The molecule has 0 radical (unpaired) electrons. The second-order valence-corrected chi connectivity index (χ2v) is 5.64. The van der Waals surface area contributed by atoms with Crippen LogP contribution < -0.4 is 5.73 Å². The van der Waals surface area contributed by atoms with Crippen molar-refractivity contribution in [3.8, 4) is 17.3 Å². The summed E-state index contributed by atoms with van der Waals surface area (Å²) >= 11 is 0. The molecule has 3 heterocycles. The van der Waals surface area contributed by atoms with Crippen LogP contribution in [0, 0.1) is 0 Å². The lowest BCUT2D eigenvalue weighted by Crippen LogP contribution is -2.34. The number of hydrogen-bond donors (Lipinski definition) is 1. The van der Waals surface area contributed by atoms with Crippen molar-refractivity contribution in [2.24, 2.45) is 5.73 Å². The van der Waals surface area contributed by atoms with Crippen molar-refractivity contribution in [2.75, 3.05) is 0 Å². The molecule has 3 aromatic rings. The summed E-state index contributed by atoms with van der Waals surface area (Å²) in [7, 11) is 0. The maximum atomic E-state index is 6.36. The highest BCUT2D eigenvalue weighted by atomic mass is 35.5. The van der Waals surface area contributed by atoms with E-state index in [-0.39, 0.29) is 12.4 Å². The quantitative estimate of drug-likeness (QED) is 0.791. The van der Waals surface area contributed by atoms with Crippen LogP contribution in [-0.4, -0.2) is 24.9 Å². The summed E-state index contributed by atoms with van der Waals surface area (Å²) in [5.74, 6) is 0.965. The molecule has 7 nitrogen and oxygen atoms in total. The zero-order valence-electron chi connectivity index (χ0n) is 12.4. The number of aromatic nitrogens is 5. The molecule has 0 atom stereocenters. The normalized spacial score (nSPS) is 16.2. The SMILES string of the molecule is Cl.NC1(c2noc(-c3cc(-n4cccn4)ccn3)n2)CCCC1. The average Bonchev–Trinajstić information content (AvgIpc) is 3.29. The summed E-state index contributed by atoms with van der Waals surface area (Å²) in [6.45, 7) is 0. The molecular formula is C15H17ClN6O. The van der Waals surface area contributed by atoms with E-state index in [4.69, 9.17) is 10.3 Å². The van der Waals surface area contributed by atoms with Gasteiger partial charge in [-0.15, -0.1) is 12.4 Å². The Morgan fingerprint density at radius 3 is 2.78 bits per heavy atom. The zero-order chi connectivity index (χ0) is 15.0. The minimum atomic E-state index is -0.457. The summed E-state index contributed by atoms with van der Waals surface area (Å²) in [5.41, 5.74) is 7.41. The van der Waals surface area contributed by atoms with E-state index in [0.717, 1.165) is 31.4 Å². The molecule has 1 aliphatic carbocycles. The number of hydrogen-bond acceptors (Lipinski definition) is 6. The molecule has 4 rings (SSSR count). The Morgan fingerprint density at radius 2 is 2.04 bits per heavy atom. The van der Waals surface area contributed by atoms with Crippen molar-refractivity contribution >= 4 is 12.4 Å². The summed E-state index contributed by atoms with van der Waals surface area (Å²) in [5, 5.41) is 8.27. The summed E-state index contributed by atoms with van der Waals surface area (Å²) in [4.78, 5) is 8.77. The first kappa shape index (κ1) is 15.6. The molecule has 1 saturated carbocycles. The Hall–Kier alpha value is -2.25. The van der Waals surface area contributed by atoms with Crippen molar-refractivity contribution in [1.29, 1.82) is 0 Å². The molecule has 0 saturated heterocycles. The Labute approximate surface area is 139 Å². The second-order valence-electron chi connectivity index (χ2n) is 5.64. The van der Waals surface area contributed by atoms with Crippen molar-refractivity contribution in [2.45, 2.75) is 31.2 Å². The first-order chi connectivity index (χ1) is 10.7. The molecule has 3 aromatic heterocycles.